The van der Waals surface area contributed by atoms with Crippen molar-refractivity contribution in [1.29, 1.82) is 0 Å². The minimum Gasteiger partial charge on any atom is -0.469 e. The molecule has 0 radical (unpaired) electrons. The third-order valence-electron chi connectivity index (χ3n) is 3.24. The molecule has 21 heavy (non-hydrogen) atoms. The second kappa shape index (κ2) is 7.25. The maximum Gasteiger partial charge on any atom is 0.307 e. The van der Waals surface area contributed by atoms with Gasteiger partial charge in [0.25, 0.3) is 0 Å². The van der Waals surface area contributed by atoms with Crippen molar-refractivity contribution < 1.29 is 14.3 Å². The van der Waals surface area contributed by atoms with Gasteiger partial charge in [-0.05, 0) is 12.5 Å². The highest BCUT2D eigenvalue weighted by molar-refractivity contribution is 5.82. The molecule has 1 rings (SSSR count). The van der Waals surface area contributed by atoms with Gasteiger partial charge < -0.3 is 9.64 Å². The third-order valence-corrected chi connectivity index (χ3v) is 3.24. The highest BCUT2D eigenvalue weighted by Gasteiger charge is 2.27. The number of carbonyl (C=O) groups is 2. The van der Waals surface area contributed by atoms with Crippen LogP contribution in [0.4, 0.5) is 0 Å². The average Bonchev–Trinajstić information content (AvgIpc) is 2.43. The lowest BCUT2D eigenvalue weighted by molar-refractivity contribution is -0.144. The summed E-state index contributed by atoms with van der Waals surface area (Å²) in [5, 5.41) is 0. The first-order valence-electron chi connectivity index (χ1n) is 7.16. The molecule has 0 unspecified atom stereocenters. The molecule has 0 aliphatic heterocycles. The first kappa shape index (κ1) is 17.2. The Bertz CT molecular complexity index is 486. The SMILES string of the molecule is COC(=O)CCN(Cc1ccc(C)cc1)C(=O)C(C)(C)C. The fraction of sp³-hybridized carbons (Fsp3) is 0.529. The van der Waals surface area contributed by atoms with Crippen LogP contribution < -0.4 is 0 Å². The predicted octanol–water partition coefficient (Wildman–Crippen LogP) is 2.93. The van der Waals surface area contributed by atoms with Gasteiger partial charge in [0.05, 0.1) is 13.5 Å². The minimum absolute atomic E-state index is 0.0342. The predicted molar refractivity (Wildman–Crippen MR) is 82.7 cm³/mol. The van der Waals surface area contributed by atoms with E-state index in [9.17, 15) is 9.59 Å². The molecule has 0 atom stereocenters. The summed E-state index contributed by atoms with van der Waals surface area (Å²) in [4.78, 5) is 25.6. The summed E-state index contributed by atoms with van der Waals surface area (Å²) in [5.74, 6) is -0.266. The van der Waals surface area contributed by atoms with Gasteiger partial charge in [0, 0.05) is 18.5 Å². The molecule has 4 nitrogen and oxygen atoms in total. The second-order valence-electron chi connectivity index (χ2n) is 6.29. The van der Waals surface area contributed by atoms with E-state index in [-0.39, 0.29) is 18.3 Å². The summed E-state index contributed by atoms with van der Waals surface area (Å²) >= 11 is 0. The molecule has 4 heteroatoms. The van der Waals surface area contributed by atoms with E-state index in [1.807, 2.05) is 52.0 Å². The number of nitrogens with zero attached hydrogens (tertiary/aromatic N) is 1. The van der Waals surface area contributed by atoms with Crippen LogP contribution in [0.2, 0.25) is 0 Å². The molecule has 116 valence electrons. The number of aryl methyl sites for hydroxylation is 1. The zero-order valence-electron chi connectivity index (χ0n) is 13.6. The van der Waals surface area contributed by atoms with Crippen molar-refractivity contribution in [3.63, 3.8) is 0 Å². The van der Waals surface area contributed by atoms with Crippen LogP contribution in [-0.4, -0.2) is 30.4 Å². The van der Waals surface area contributed by atoms with Crippen molar-refractivity contribution in [3.05, 3.63) is 35.4 Å². The molecular formula is C17H25NO3. The van der Waals surface area contributed by atoms with Gasteiger partial charge in [0.1, 0.15) is 0 Å². The Kier molecular flexibility index (Phi) is 5.94. The van der Waals surface area contributed by atoms with Crippen molar-refractivity contribution in [2.24, 2.45) is 5.41 Å². The fourth-order valence-corrected chi connectivity index (χ4v) is 1.97. The molecule has 0 aliphatic rings. The van der Waals surface area contributed by atoms with Crippen molar-refractivity contribution in [2.75, 3.05) is 13.7 Å². The summed E-state index contributed by atoms with van der Waals surface area (Å²) in [6.07, 6.45) is 0.212. The van der Waals surface area contributed by atoms with Crippen LogP contribution in [0.3, 0.4) is 0 Å². The smallest absolute Gasteiger partial charge is 0.307 e. The van der Waals surface area contributed by atoms with Crippen molar-refractivity contribution in [1.82, 2.24) is 4.90 Å². The number of hydrogen-bond acceptors (Lipinski definition) is 3. The number of rotatable bonds is 5. The number of amides is 1. The molecule has 0 heterocycles. The van der Waals surface area contributed by atoms with E-state index < -0.39 is 5.41 Å². The lowest BCUT2D eigenvalue weighted by atomic mass is 9.94. The molecule has 0 saturated heterocycles. The first-order chi connectivity index (χ1) is 9.74. The molecule has 0 bridgehead atoms. The number of carbonyl (C=O) groups excluding carboxylic acids is 2. The van der Waals surface area contributed by atoms with Crippen LogP contribution in [0.1, 0.15) is 38.3 Å². The van der Waals surface area contributed by atoms with E-state index in [4.69, 9.17) is 0 Å². The zero-order valence-corrected chi connectivity index (χ0v) is 13.6. The summed E-state index contributed by atoms with van der Waals surface area (Å²) < 4.78 is 4.66. The van der Waals surface area contributed by atoms with Gasteiger partial charge in [-0.1, -0.05) is 50.6 Å². The first-order valence-corrected chi connectivity index (χ1v) is 7.16. The maximum atomic E-state index is 12.5. The van der Waals surface area contributed by atoms with E-state index in [1.54, 1.807) is 4.90 Å². The maximum absolute atomic E-state index is 12.5. The van der Waals surface area contributed by atoms with Crippen molar-refractivity contribution in [3.8, 4) is 0 Å². The lowest BCUT2D eigenvalue weighted by Crippen LogP contribution is -2.40. The van der Waals surface area contributed by atoms with Gasteiger partial charge >= 0.3 is 5.97 Å². The molecule has 0 aliphatic carbocycles. The summed E-state index contributed by atoms with van der Waals surface area (Å²) in [5.41, 5.74) is 1.77. The molecule has 1 aromatic carbocycles. The van der Waals surface area contributed by atoms with Crippen LogP contribution in [0, 0.1) is 12.3 Å². The summed E-state index contributed by atoms with van der Waals surface area (Å²) in [6.45, 7) is 8.56. The molecule has 1 aromatic rings. The fourth-order valence-electron chi connectivity index (χ4n) is 1.97. The van der Waals surface area contributed by atoms with Crippen LogP contribution in [0.5, 0.6) is 0 Å². The average molecular weight is 291 g/mol. The molecule has 0 aromatic heterocycles. The number of ether oxygens (including phenoxy) is 1. The largest absolute Gasteiger partial charge is 0.469 e. The highest BCUT2D eigenvalue weighted by Crippen LogP contribution is 2.19. The number of benzene rings is 1. The van der Waals surface area contributed by atoms with E-state index in [0.29, 0.717) is 13.1 Å². The highest BCUT2D eigenvalue weighted by atomic mass is 16.5. The second-order valence-corrected chi connectivity index (χ2v) is 6.29. The molecular weight excluding hydrogens is 266 g/mol. The van der Waals surface area contributed by atoms with E-state index in [1.165, 1.54) is 12.7 Å². The Morgan fingerprint density at radius 1 is 1.14 bits per heavy atom. The van der Waals surface area contributed by atoms with Crippen LogP contribution in [0.15, 0.2) is 24.3 Å². The van der Waals surface area contributed by atoms with Gasteiger partial charge in [0.2, 0.25) is 5.91 Å². The molecule has 0 N–H and O–H groups in total. The summed E-state index contributed by atoms with van der Waals surface area (Å²) in [6, 6.07) is 8.07. The Morgan fingerprint density at radius 3 is 2.19 bits per heavy atom. The lowest BCUT2D eigenvalue weighted by Gasteiger charge is -2.29. The van der Waals surface area contributed by atoms with E-state index in [2.05, 4.69) is 4.74 Å². The standard InChI is InChI=1S/C17H25NO3/c1-13-6-8-14(9-7-13)12-18(11-10-15(19)21-5)16(20)17(2,3)4/h6-9H,10-12H2,1-5H3. The Labute approximate surface area is 127 Å². The molecule has 0 saturated carbocycles. The van der Waals surface area contributed by atoms with Crippen LogP contribution >= 0.6 is 0 Å². The number of esters is 1. The van der Waals surface area contributed by atoms with Gasteiger partial charge in [-0.2, -0.15) is 0 Å². The summed E-state index contributed by atoms with van der Waals surface area (Å²) in [7, 11) is 1.36. The van der Waals surface area contributed by atoms with Gasteiger partial charge in [0.15, 0.2) is 0 Å². The van der Waals surface area contributed by atoms with Gasteiger partial charge in [-0.15, -0.1) is 0 Å². The van der Waals surface area contributed by atoms with E-state index >= 15 is 0 Å². The van der Waals surface area contributed by atoms with Crippen LogP contribution in [0.25, 0.3) is 0 Å². The van der Waals surface area contributed by atoms with Crippen molar-refractivity contribution in [2.45, 2.75) is 40.7 Å². The third kappa shape index (κ3) is 5.58. The molecule has 0 fully saturated rings. The van der Waals surface area contributed by atoms with Crippen LogP contribution in [-0.2, 0) is 20.9 Å². The Hall–Kier alpha value is -1.84. The number of methoxy groups -OCH3 is 1. The minimum atomic E-state index is -0.471. The Balaban J connectivity index is 2.83. The Morgan fingerprint density at radius 2 is 1.71 bits per heavy atom. The monoisotopic (exact) mass is 291 g/mol. The number of hydrogen-bond donors (Lipinski definition) is 0. The zero-order chi connectivity index (χ0) is 16.0. The van der Waals surface area contributed by atoms with E-state index in [0.717, 1.165) is 5.56 Å². The van der Waals surface area contributed by atoms with Gasteiger partial charge in [-0.3, -0.25) is 9.59 Å². The normalized spacial score (nSPS) is 11.1. The quantitative estimate of drug-likeness (QED) is 0.784. The van der Waals surface area contributed by atoms with Crippen molar-refractivity contribution >= 4 is 11.9 Å². The topological polar surface area (TPSA) is 46.6 Å². The molecule has 0 spiro atoms. The van der Waals surface area contributed by atoms with Gasteiger partial charge in [-0.25, -0.2) is 0 Å². The molecule has 1 amide bonds.